The van der Waals surface area contributed by atoms with Gasteiger partial charge in [-0.1, -0.05) is 6.07 Å². The summed E-state index contributed by atoms with van der Waals surface area (Å²) in [4.78, 5) is 11.8. The van der Waals surface area contributed by atoms with Gasteiger partial charge in [0.2, 0.25) is 0 Å². The smallest absolute Gasteiger partial charge is 0.127 e. The van der Waals surface area contributed by atoms with Crippen LogP contribution in [0.2, 0.25) is 0 Å². The topological polar surface area (TPSA) is 53.6 Å². The molecule has 0 radical (unpaired) electrons. The summed E-state index contributed by atoms with van der Waals surface area (Å²) >= 11 is 2.00. The van der Waals surface area contributed by atoms with Gasteiger partial charge in [-0.25, -0.2) is 4.98 Å². The van der Waals surface area contributed by atoms with E-state index < -0.39 is 0 Å². The maximum Gasteiger partial charge on any atom is 0.127 e. The van der Waals surface area contributed by atoms with Crippen molar-refractivity contribution in [1.82, 2.24) is 20.3 Å². The Morgan fingerprint density at radius 1 is 1.47 bits per heavy atom. The van der Waals surface area contributed by atoms with Gasteiger partial charge in [0.1, 0.15) is 5.82 Å². The minimum atomic E-state index is 0.0777. The summed E-state index contributed by atoms with van der Waals surface area (Å²) in [7, 11) is 0. The first kappa shape index (κ1) is 12.7. The van der Waals surface area contributed by atoms with E-state index in [9.17, 15) is 0 Å². The number of hydrogen-bond acceptors (Lipinski definition) is 4. The van der Waals surface area contributed by atoms with Crippen LogP contribution < -0.4 is 5.32 Å². The predicted molar refractivity (Wildman–Crippen MR) is 78.1 cm³/mol. The highest BCUT2D eigenvalue weighted by Crippen LogP contribution is 2.41. The van der Waals surface area contributed by atoms with Gasteiger partial charge in [0.25, 0.3) is 0 Å². The van der Waals surface area contributed by atoms with Crippen LogP contribution in [0.5, 0.6) is 0 Å². The zero-order valence-electron chi connectivity index (χ0n) is 11.1. The Kier molecular flexibility index (Phi) is 3.33. The Morgan fingerprint density at radius 3 is 2.89 bits per heavy atom. The lowest BCUT2D eigenvalue weighted by Gasteiger charge is -2.45. The normalized spacial score (nSPS) is 22.7. The molecule has 0 bridgehead atoms. The largest absolute Gasteiger partial charge is 0.347 e. The van der Waals surface area contributed by atoms with Crippen molar-refractivity contribution in [3.8, 4) is 0 Å². The van der Waals surface area contributed by atoms with Crippen LogP contribution in [0.3, 0.4) is 0 Å². The highest BCUT2D eigenvalue weighted by Gasteiger charge is 2.41. The fourth-order valence-corrected chi connectivity index (χ4v) is 3.43. The average Bonchev–Trinajstić information content (AvgIpc) is 2.93. The van der Waals surface area contributed by atoms with Gasteiger partial charge in [-0.3, -0.25) is 10.3 Å². The van der Waals surface area contributed by atoms with Crippen molar-refractivity contribution < 1.29 is 0 Å². The molecule has 2 N–H and O–H groups in total. The average molecular weight is 274 g/mol. The van der Waals surface area contributed by atoms with Crippen molar-refractivity contribution >= 4 is 11.8 Å². The molecule has 100 valence electrons. The molecule has 2 unspecified atom stereocenters. The molecule has 0 saturated carbocycles. The number of rotatable bonds is 4. The Bertz CT molecular complexity index is 524. The van der Waals surface area contributed by atoms with E-state index in [4.69, 9.17) is 0 Å². The number of pyridine rings is 1. The summed E-state index contributed by atoms with van der Waals surface area (Å²) < 4.78 is 0.285. The quantitative estimate of drug-likeness (QED) is 0.899. The molecule has 5 heteroatoms. The molecule has 0 aromatic carbocycles. The molecule has 1 aliphatic heterocycles. The Morgan fingerprint density at radius 2 is 2.37 bits per heavy atom. The van der Waals surface area contributed by atoms with Crippen LogP contribution in [0.15, 0.2) is 36.9 Å². The molecule has 3 rings (SSSR count). The second kappa shape index (κ2) is 4.98. The van der Waals surface area contributed by atoms with Gasteiger partial charge < -0.3 is 4.98 Å². The van der Waals surface area contributed by atoms with Gasteiger partial charge in [0.05, 0.1) is 6.04 Å². The van der Waals surface area contributed by atoms with Crippen LogP contribution in [0, 0.1) is 0 Å². The van der Waals surface area contributed by atoms with Crippen LogP contribution in [-0.4, -0.2) is 31.5 Å². The standard InChI is InChI=1S/C14H18N4S/c1-14(2)11(9-19-14)18-12(13-16-6-7-17-13)10-4-3-5-15-8-10/h3-8,11-12,18H,9H2,1-2H3,(H,16,17). The summed E-state index contributed by atoms with van der Waals surface area (Å²) in [6.45, 7) is 4.56. The maximum atomic E-state index is 4.40. The Balaban J connectivity index is 1.86. The molecule has 1 fully saturated rings. The van der Waals surface area contributed by atoms with E-state index in [2.05, 4.69) is 40.2 Å². The molecule has 0 aliphatic carbocycles. The predicted octanol–water partition coefficient (Wildman–Crippen LogP) is 2.38. The first-order valence-electron chi connectivity index (χ1n) is 6.46. The minimum Gasteiger partial charge on any atom is -0.347 e. The number of H-pyrrole nitrogens is 1. The van der Waals surface area contributed by atoms with E-state index in [1.54, 1.807) is 12.4 Å². The van der Waals surface area contributed by atoms with Crippen LogP contribution in [0.4, 0.5) is 0 Å². The number of thioether (sulfide) groups is 1. The maximum absolute atomic E-state index is 4.40. The lowest BCUT2D eigenvalue weighted by molar-refractivity contribution is 0.401. The van der Waals surface area contributed by atoms with E-state index in [1.807, 2.05) is 30.2 Å². The van der Waals surface area contributed by atoms with Crippen LogP contribution >= 0.6 is 11.8 Å². The second-order valence-electron chi connectivity index (χ2n) is 5.33. The Labute approximate surface area is 117 Å². The van der Waals surface area contributed by atoms with E-state index in [1.165, 1.54) is 0 Å². The first-order valence-corrected chi connectivity index (χ1v) is 7.44. The zero-order chi connectivity index (χ0) is 13.3. The zero-order valence-corrected chi connectivity index (χ0v) is 11.9. The number of aromatic nitrogens is 3. The van der Waals surface area contributed by atoms with Gasteiger partial charge in [-0.05, 0) is 25.5 Å². The second-order valence-corrected chi connectivity index (χ2v) is 7.00. The fourth-order valence-electron chi connectivity index (χ4n) is 2.27. The highest BCUT2D eigenvalue weighted by atomic mass is 32.2. The number of aromatic amines is 1. The summed E-state index contributed by atoms with van der Waals surface area (Å²) in [5.74, 6) is 2.09. The van der Waals surface area contributed by atoms with E-state index in [0.29, 0.717) is 6.04 Å². The van der Waals surface area contributed by atoms with Gasteiger partial charge in [0, 0.05) is 41.3 Å². The third-order valence-corrected chi connectivity index (χ3v) is 5.17. The van der Waals surface area contributed by atoms with Gasteiger partial charge >= 0.3 is 0 Å². The van der Waals surface area contributed by atoms with E-state index >= 15 is 0 Å². The molecule has 1 saturated heterocycles. The van der Waals surface area contributed by atoms with Gasteiger partial charge in [-0.15, -0.1) is 0 Å². The summed E-state index contributed by atoms with van der Waals surface area (Å²) in [5.41, 5.74) is 1.14. The van der Waals surface area contributed by atoms with Crippen LogP contribution in [0.1, 0.15) is 31.3 Å². The third-order valence-electron chi connectivity index (χ3n) is 3.64. The molecule has 19 heavy (non-hydrogen) atoms. The molecule has 3 heterocycles. The number of hydrogen-bond donors (Lipinski definition) is 2. The van der Waals surface area contributed by atoms with Gasteiger partial charge in [-0.2, -0.15) is 11.8 Å². The number of nitrogens with one attached hydrogen (secondary N) is 2. The minimum absolute atomic E-state index is 0.0777. The summed E-state index contributed by atoms with van der Waals surface area (Å²) in [6, 6.07) is 4.63. The highest BCUT2D eigenvalue weighted by molar-refractivity contribution is 8.02. The molecule has 2 aromatic heterocycles. The SMILES string of the molecule is CC1(C)SCC1NC(c1cccnc1)c1ncc[nH]1. The van der Waals surface area contributed by atoms with Crippen molar-refractivity contribution in [2.75, 3.05) is 5.75 Å². The van der Waals surface area contributed by atoms with Crippen molar-refractivity contribution in [2.45, 2.75) is 30.7 Å². The van der Waals surface area contributed by atoms with Crippen molar-refractivity contribution in [2.24, 2.45) is 0 Å². The van der Waals surface area contributed by atoms with Crippen LogP contribution in [-0.2, 0) is 0 Å². The lowest BCUT2D eigenvalue weighted by Crippen LogP contribution is -2.55. The first-order chi connectivity index (χ1) is 9.17. The third kappa shape index (κ3) is 2.53. The molecule has 1 aliphatic rings. The monoisotopic (exact) mass is 274 g/mol. The molecular formula is C14H18N4S. The van der Waals surface area contributed by atoms with Crippen molar-refractivity contribution in [3.63, 3.8) is 0 Å². The van der Waals surface area contributed by atoms with E-state index in [-0.39, 0.29) is 10.8 Å². The molecule has 2 atom stereocenters. The molecule has 0 spiro atoms. The lowest BCUT2D eigenvalue weighted by atomic mass is 10.00. The Hall–Kier alpha value is -1.33. The van der Waals surface area contributed by atoms with Gasteiger partial charge in [0.15, 0.2) is 0 Å². The molecule has 2 aromatic rings. The molecule has 4 nitrogen and oxygen atoms in total. The molecular weight excluding hydrogens is 256 g/mol. The number of nitrogens with zero attached hydrogens (tertiary/aromatic N) is 2. The van der Waals surface area contributed by atoms with Crippen LogP contribution in [0.25, 0.3) is 0 Å². The number of imidazole rings is 1. The van der Waals surface area contributed by atoms with Crippen molar-refractivity contribution in [3.05, 3.63) is 48.3 Å². The summed E-state index contributed by atoms with van der Waals surface area (Å²) in [6.07, 6.45) is 7.35. The molecule has 0 amide bonds. The summed E-state index contributed by atoms with van der Waals surface area (Å²) in [5, 5.41) is 3.71. The van der Waals surface area contributed by atoms with E-state index in [0.717, 1.165) is 17.1 Å². The fraction of sp³-hybridized carbons (Fsp3) is 0.429. The van der Waals surface area contributed by atoms with Crippen molar-refractivity contribution in [1.29, 1.82) is 0 Å².